The summed E-state index contributed by atoms with van der Waals surface area (Å²) in [5, 5.41) is 3.24. The smallest absolute Gasteiger partial charge is 0.253 e. The number of rotatable bonds is 3. The van der Waals surface area contributed by atoms with Crippen LogP contribution in [0.5, 0.6) is 11.5 Å². The minimum absolute atomic E-state index is 0.217. The fraction of sp³-hybridized carbons (Fsp3) is 0.133. The second kappa shape index (κ2) is 5.95. The van der Waals surface area contributed by atoms with Gasteiger partial charge in [-0.2, -0.15) is 0 Å². The highest BCUT2D eigenvalue weighted by atomic mass is 79.9. The SMILES string of the molecule is O=C(NCc1ccc2c(c1)OCO2)c1ccc(Br)cc1Cl. The molecule has 1 amide bonds. The van der Waals surface area contributed by atoms with Crippen LogP contribution >= 0.6 is 27.5 Å². The summed E-state index contributed by atoms with van der Waals surface area (Å²) in [6.45, 7) is 0.627. The first-order valence-electron chi connectivity index (χ1n) is 6.25. The van der Waals surface area contributed by atoms with Crippen LogP contribution in [0.1, 0.15) is 15.9 Å². The lowest BCUT2D eigenvalue weighted by Gasteiger charge is -2.08. The lowest BCUT2D eigenvalue weighted by Crippen LogP contribution is -2.23. The predicted molar refractivity (Wildman–Crippen MR) is 82.9 cm³/mol. The molecule has 1 aliphatic heterocycles. The Balaban J connectivity index is 1.68. The Bertz CT molecular complexity index is 705. The van der Waals surface area contributed by atoms with E-state index in [1.54, 1.807) is 18.2 Å². The van der Waals surface area contributed by atoms with Crippen molar-refractivity contribution in [2.75, 3.05) is 6.79 Å². The highest BCUT2D eigenvalue weighted by Crippen LogP contribution is 2.32. The summed E-state index contributed by atoms with van der Waals surface area (Å²) in [6.07, 6.45) is 0. The average molecular weight is 369 g/mol. The zero-order valence-corrected chi connectivity index (χ0v) is 13.2. The van der Waals surface area contributed by atoms with E-state index in [-0.39, 0.29) is 12.7 Å². The molecule has 3 rings (SSSR count). The highest BCUT2D eigenvalue weighted by Gasteiger charge is 2.14. The maximum absolute atomic E-state index is 12.1. The van der Waals surface area contributed by atoms with E-state index >= 15 is 0 Å². The summed E-state index contributed by atoms with van der Waals surface area (Å²) in [7, 11) is 0. The molecule has 108 valence electrons. The van der Waals surface area contributed by atoms with E-state index in [1.165, 1.54) is 0 Å². The molecule has 0 unspecified atom stereocenters. The molecule has 0 bridgehead atoms. The lowest BCUT2D eigenvalue weighted by molar-refractivity contribution is 0.0951. The molecule has 1 N–H and O–H groups in total. The highest BCUT2D eigenvalue weighted by molar-refractivity contribution is 9.10. The fourth-order valence-electron chi connectivity index (χ4n) is 2.00. The minimum atomic E-state index is -0.217. The molecular weight excluding hydrogens is 358 g/mol. The molecule has 0 aromatic heterocycles. The van der Waals surface area contributed by atoms with Gasteiger partial charge in [0.25, 0.3) is 5.91 Å². The normalized spacial score (nSPS) is 12.3. The summed E-state index contributed by atoms with van der Waals surface area (Å²) in [6, 6.07) is 10.7. The maximum Gasteiger partial charge on any atom is 0.253 e. The first-order valence-corrected chi connectivity index (χ1v) is 7.42. The van der Waals surface area contributed by atoms with Crippen LogP contribution in [-0.4, -0.2) is 12.7 Å². The summed E-state index contributed by atoms with van der Waals surface area (Å²) in [5.41, 5.74) is 1.38. The van der Waals surface area contributed by atoms with Crippen molar-refractivity contribution < 1.29 is 14.3 Å². The van der Waals surface area contributed by atoms with E-state index < -0.39 is 0 Å². The van der Waals surface area contributed by atoms with Gasteiger partial charge in [0, 0.05) is 11.0 Å². The van der Waals surface area contributed by atoms with Crippen molar-refractivity contribution in [3.05, 3.63) is 57.0 Å². The molecule has 0 fully saturated rings. The molecule has 0 saturated carbocycles. The van der Waals surface area contributed by atoms with Gasteiger partial charge in [-0.25, -0.2) is 0 Å². The number of hydrogen-bond donors (Lipinski definition) is 1. The number of carbonyl (C=O) groups excluding carboxylic acids is 1. The number of amides is 1. The van der Waals surface area contributed by atoms with E-state index in [0.29, 0.717) is 22.9 Å². The Morgan fingerprint density at radius 3 is 2.81 bits per heavy atom. The third-order valence-electron chi connectivity index (χ3n) is 3.07. The fourth-order valence-corrected chi connectivity index (χ4v) is 2.76. The molecule has 1 aliphatic rings. The van der Waals surface area contributed by atoms with Crippen LogP contribution in [0.2, 0.25) is 5.02 Å². The molecule has 0 aliphatic carbocycles. The Kier molecular flexibility index (Phi) is 4.03. The van der Waals surface area contributed by atoms with Crippen molar-refractivity contribution in [2.45, 2.75) is 6.54 Å². The van der Waals surface area contributed by atoms with Crippen LogP contribution in [-0.2, 0) is 6.54 Å². The molecule has 1 heterocycles. The largest absolute Gasteiger partial charge is 0.454 e. The van der Waals surface area contributed by atoms with Crippen molar-refractivity contribution in [1.29, 1.82) is 0 Å². The number of nitrogens with one attached hydrogen (secondary N) is 1. The van der Waals surface area contributed by atoms with E-state index in [1.807, 2.05) is 18.2 Å². The Hall–Kier alpha value is -1.72. The second-order valence-electron chi connectivity index (χ2n) is 4.49. The van der Waals surface area contributed by atoms with E-state index in [0.717, 1.165) is 15.8 Å². The zero-order chi connectivity index (χ0) is 14.8. The number of benzene rings is 2. The molecule has 21 heavy (non-hydrogen) atoms. The third kappa shape index (κ3) is 3.14. The van der Waals surface area contributed by atoms with Gasteiger partial charge in [0.1, 0.15) is 0 Å². The monoisotopic (exact) mass is 367 g/mol. The number of fused-ring (bicyclic) bond motifs is 1. The third-order valence-corrected chi connectivity index (χ3v) is 3.87. The number of hydrogen-bond acceptors (Lipinski definition) is 3. The topological polar surface area (TPSA) is 47.6 Å². The molecule has 0 spiro atoms. The molecule has 2 aromatic rings. The van der Waals surface area contributed by atoms with Gasteiger partial charge in [0.15, 0.2) is 11.5 Å². The van der Waals surface area contributed by atoms with Gasteiger partial charge in [-0.3, -0.25) is 4.79 Å². The maximum atomic E-state index is 12.1. The zero-order valence-electron chi connectivity index (χ0n) is 10.9. The van der Waals surface area contributed by atoms with Gasteiger partial charge >= 0.3 is 0 Å². The van der Waals surface area contributed by atoms with E-state index in [2.05, 4.69) is 21.2 Å². The van der Waals surface area contributed by atoms with E-state index in [9.17, 15) is 4.79 Å². The van der Waals surface area contributed by atoms with Crippen molar-refractivity contribution in [2.24, 2.45) is 0 Å². The van der Waals surface area contributed by atoms with Gasteiger partial charge in [-0.15, -0.1) is 0 Å². The number of carbonyl (C=O) groups is 1. The quantitative estimate of drug-likeness (QED) is 0.897. The predicted octanol–water partition coefficient (Wildman–Crippen LogP) is 3.76. The van der Waals surface area contributed by atoms with Gasteiger partial charge in [0.05, 0.1) is 10.6 Å². The summed E-state index contributed by atoms with van der Waals surface area (Å²) in [4.78, 5) is 12.1. The Morgan fingerprint density at radius 2 is 2.00 bits per heavy atom. The summed E-state index contributed by atoms with van der Waals surface area (Å²) < 4.78 is 11.4. The van der Waals surface area contributed by atoms with Gasteiger partial charge in [-0.1, -0.05) is 33.6 Å². The van der Waals surface area contributed by atoms with E-state index in [4.69, 9.17) is 21.1 Å². The Morgan fingerprint density at radius 1 is 1.19 bits per heavy atom. The molecule has 4 nitrogen and oxygen atoms in total. The van der Waals surface area contributed by atoms with Crippen molar-refractivity contribution in [1.82, 2.24) is 5.32 Å². The molecule has 0 radical (unpaired) electrons. The van der Waals surface area contributed by atoms with Crippen LogP contribution in [0, 0.1) is 0 Å². The first kappa shape index (κ1) is 14.2. The van der Waals surface area contributed by atoms with Crippen LogP contribution < -0.4 is 14.8 Å². The second-order valence-corrected chi connectivity index (χ2v) is 5.82. The van der Waals surface area contributed by atoms with Gasteiger partial charge < -0.3 is 14.8 Å². The average Bonchev–Trinajstić information content (AvgIpc) is 2.92. The summed E-state index contributed by atoms with van der Waals surface area (Å²) >= 11 is 9.36. The van der Waals surface area contributed by atoms with Crippen molar-refractivity contribution >= 4 is 33.4 Å². The molecule has 0 saturated heterocycles. The molecule has 0 atom stereocenters. The summed E-state index contributed by atoms with van der Waals surface area (Å²) in [5.74, 6) is 1.20. The van der Waals surface area contributed by atoms with Crippen LogP contribution in [0.4, 0.5) is 0 Å². The molecule has 2 aromatic carbocycles. The number of halogens is 2. The standard InChI is InChI=1S/C15H11BrClNO3/c16-10-2-3-11(12(17)6-10)15(19)18-7-9-1-4-13-14(5-9)21-8-20-13/h1-6H,7-8H2,(H,18,19). The lowest BCUT2D eigenvalue weighted by atomic mass is 10.1. The minimum Gasteiger partial charge on any atom is -0.454 e. The van der Waals surface area contributed by atoms with Gasteiger partial charge in [0.2, 0.25) is 6.79 Å². The van der Waals surface area contributed by atoms with Crippen molar-refractivity contribution in [3.63, 3.8) is 0 Å². The molecule has 6 heteroatoms. The number of ether oxygens (including phenoxy) is 2. The molecular formula is C15H11BrClNO3. The Labute approximate surface area is 135 Å². The van der Waals surface area contributed by atoms with Crippen LogP contribution in [0.15, 0.2) is 40.9 Å². The first-order chi connectivity index (χ1) is 10.1. The van der Waals surface area contributed by atoms with Crippen LogP contribution in [0.3, 0.4) is 0 Å². The van der Waals surface area contributed by atoms with Crippen LogP contribution in [0.25, 0.3) is 0 Å². The van der Waals surface area contributed by atoms with Crippen molar-refractivity contribution in [3.8, 4) is 11.5 Å². The van der Waals surface area contributed by atoms with Gasteiger partial charge in [-0.05, 0) is 35.9 Å².